The first-order valence-corrected chi connectivity index (χ1v) is 5.70. The van der Waals surface area contributed by atoms with Crippen molar-refractivity contribution in [1.82, 2.24) is 5.32 Å². The molecular weight excluding hydrogens is 250 g/mol. The van der Waals surface area contributed by atoms with E-state index in [1.807, 2.05) is 0 Å². The summed E-state index contributed by atoms with van der Waals surface area (Å²) < 4.78 is 14.8. The largest absolute Gasteiger partial charge is 0.493 e. The van der Waals surface area contributed by atoms with Crippen LogP contribution in [0.1, 0.15) is 16.8 Å². The molecule has 0 aliphatic heterocycles. The zero-order valence-electron chi connectivity index (χ0n) is 11.2. The van der Waals surface area contributed by atoms with Gasteiger partial charge in [-0.3, -0.25) is 9.59 Å². The van der Waals surface area contributed by atoms with Crippen molar-refractivity contribution in [2.24, 2.45) is 0 Å². The van der Waals surface area contributed by atoms with Crippen LogP contribution < -0.4 is 14.8 Å². The van der Waals surface area contributed by atoms with Gasteiger partial charge in [-0.2, -0.15) is 0 Å². The van der Waals surface area contributed by atoms with Crippen LogP contribution in [0.25, 0.3) is 0 Å². The number of hydrogen-bond acceptors (Lipinski definition) is 5. The number of esters is 1. The number of para-hydroxylation sites is 1. The van der Waals surface area contributed by atoms with Crippen molar-refractivity contribution in [2.45, 2.75) is 6.42 Å². The molecule has 6 nitrogen and oxygen atoms in total. The zero-order valence-corrected chi connectivity index (χ0v) is 11.2. The van der Waals surface area contributed by atoms with E-state index in [0.717, 1.165) is 0 Å². The van der Waals surface area contributed by atoms with Crippen LogP contribution in [0.4, 0.5) is 0 Å². The Bertz CT molecular complexity index is 458. The lowest BCUT2D eigenvalue weighted by Gasteiger charge is -2.12. The summed E-state index contributed by atoms with van der Waals surface area (Å²) in [6, 6.07) is 5.01. The minimum Gasteiger partial charge on any atom is -0.493 e. The Morgan fingerprint density at radius 2 is 1.89 bits per heavy atom. The summed E-state index contributed by atoms with van der Waals surface area (Å²) in [4.78, 5) is 22.9. The lowest BCUT2D eigenvalue weighted by molar-refractivity contribution is -0.140. The van der Waals surface area contributed by atoms with Crippen LogP contribution in [0.2, 0.25) is 0 Å². The van der Waals surface area contributed by atoms with E-state index in [-0.39, 0.29) is 24.8 Å². The number of nitrogens with one attached hydrogen (secondary N) is 1. The minimum absolute atomic E-state index is 0.120. The van der Waals surface area contributed by atoms with Gasteiger partial charge in [0.05, 0.1) is 33.3 Å². The van der Waals surface area contributed by atoms with Crippen LogP contribution >= 0.6 is 0 Å². The van der Waals surface area contributed by atoms with E-state index in [9.17, 15) is 9.59 Å². The Morgan fingerprint density at radius 1 is 1.16 bits per heavy atom. The van der Waals surface area contributed by atoms with Gasteiger partial charge in [0.15, 0.2) is 11.5 Å². The minimum atomic E-state index is -0.377. The average molecular weight is 267 g/mol. The summed E-state index contributed by atoms with van der Waals surface area (Å²) in [6.07, 6.45) is 0.120. The SMILES string of the molecule is COC(=O)CCNC(=O)c1cccc(OC)c1OC. The third-order valence-electron chi connectivity index (χ3n) is 2.49. The van der Waals surface area contributed by atoms with Gasteiger partial charge >= 0.3 is 5.97 Å². The van der Waals surface area contributed by atoms with Crippen molar-refractivity contribution in [3.8, 4) is 11.5 Å². The highest BCUT2D eigenvalue weighted by atomic mass is 16.5. The predicted octanol–water partition coefficient (Wildman–Crippen LogP) is 0.997. The average Bonchev–Trinajstić information content (AvgIpc) is 2.45. The lowest BCUT2D eigenvalue weighted by atomic mass is 10.1. The summed E-state index contributed by atoms with van der Waals surface area (Å²) in [6.45, 7) is 0.200. The molecule has 6 heteroatoms. The normalized spacial score (nSPS) is 9.63. The molecular formula is C13H17NO5. The molecule has 0 saturated heterocycles. The number of benzene rings is 1. The second kappa shape index (κ2) is 7.25. The molecule has 0 radical (unpaired) electrons. The van der Waals surface area contributed by atoms with Gasteiger partial charge < -0.3 is 19.5 Å². The van der Waals surface area contributed by atoms with Crippen LogP contribution in [0.3, 0.4) is 0 Å². The van der Waals surface area contributed by atoms with E-state index in [2.05, 4.69) is 10.1 Å². The Morgan fingerprint density at radius 3 is 2.47 bits per heavy atom. The number of carbonyl (C=O) groups excluding carboxylic acids is 2. The second-order valence-electron chi connectivity index (χ2n) is 3.62. The van der Waals surface area contributed by atoms with Crippen molar-refractivity contribution < 1.29 is 23.8 Å². The van der Waals surface area contributed by atoms with Gasteiger partial charge in [0.25, 0.3) is 5.91 Å². The Hall–Kier alpha value is -2.24. The highest BCUT2D eigenvalue weighted by Crippen LogP contribution is 2.30. The van der Waals surface area contributed by atoms with Crippen LogP contribution in [0.5, 0.6) is 11.5 Å². The third kappa shape index (κ3) is 3.87. The highest BCUT2D eigenvalue weighted by molar-refractivity contribution is 5.97. The maximum Gasteiger partial charge on any atom is 0.307 e. The molecule has 0 aliphatic carbocycles. The Balaban J connectivity index is 2.74. The number of ether oxygens (including phenoxy) is 3. The molecule has 0 aliphatic rings. The van der Waals surface area contributed by atoms with E-state index < -0.39 is 0 Å². The predicted molar refractivity (Wildman–Crippen MR) is 68.5 cm³/mol. The monoisotopic (exact) mass is 267 g/mol. The van der Waals surface area contributed by atoms with Crippen LogP contribution in [0, 0.1) is 0 Å². The fourth-order valence-corrected chi connectivity index (χ4v) is 1.54. The van der Waals surface area contributed by atoms with Crippen molar-refractivity contribution >= 4 is 11.9 Å². The van der Waals surface area contributed by atoms with E-state index in [1.165, 1.54) is 21.3 Å². The van der Waals surface area contributed by atoms with Gasteiger partial charge in [-0.15, -0.1) is 0 Å². The first kappa shape index (κ1) is 14.8. The van der Waals surface area contributed by atoms with Crippen molar-refractivity contribution in [3.05, 3.63) is 23.8 Å². The lowest BCUT2D eigenvalue weighted by Crippen LogP contribution is -2.26. The first-order valence-electron chi connectivity index (χ1n) is 5.70. The molecule has 1 aromatic rings. The third-order valence-corrected chi connectivity index (χ3v) is 2.49. The molecule has 0 aromatic heterocycles. The molecule has 0 atom stereocenters. The summed E-state index contributed by atoms with van der Waals surface area (Å²) in [5.74, 6) is 0.126. The van der Waals surface area contributed by atoms with Gasteiger partial charge in [0.2, 0.25) is 0 Å². The maximum absolute atomic E-state index is 12.0. The van der Waals surface area contributed by atoms with E-state index in [4.69, 9.17) is 9.47 Å². The fraction of sp³-hybridized carbons (Fsp3) is 0.385. The fourth-order valence-electron chi connectivity index (χ4n) is 1.54. The molecule has 1 aromatic carbocycles. The second-order valence-corrected chi connectivity index (χ2v) is 3.62. The van der Waals surface area contributed by atoms with Gasteiger partial charge in [0.1, 0.15) is 0 Å². The standard InChI is InChI=1S/C13H17NO5/c1-17-10-6-4-5-9(12(10)19-3)13(16)14-8-7-11(15)18-2/h4-6H,7-8H2,1-3H3,(H,14,16). The van der Waals surface area contributed by atoms with Crippen LogP contribution in [0.15, 0.2) is 18.2 Å². The molecule has 0 bridgehead atoms. The zero-order chi connectivity index (χ0) is 14.3. The van der Waals surface area contributed by atoms with Gasteiger partial charge in [-0.1, -0.05) is 6.07 Å². The quantitative estimate of drug-likeness (QED) is 0.778. The van der Waals surface area contributed by atoms with E-state index in [0.29, 0.717) is 17.1 Å². The molecule has 0 heterocycles. The van der Waals surface area contributed by atoms with Crippen molar-refractivity contribution in [1.29, 1.82) is 0 Å². The topological polar surface area (TPSA) is 73.9 Å². The number of rotatable bonds is 6. The molecule has 0 fully saturated rings. The molecule has 0 saturated carbocycles. The van der Waals surface area contributed by atoms with E-state index in [1.54, 1.807) is 18.2 Å². The molecule has 1 rings (SSSR count). The van der Waals surface area contributed by atoms with Gasteiger partial charge in [0, 0.05) is 6.54 Å². The van der Waals surface area contributed by atoms with Crippen molar-refractivity contribution in [3.63, 3.8) is 0 Å². The Labute approximate surface area is 111 Å². The van der Waals surface area contributed by atoms with Gasteiger partial charge in [-0.25, -0.2) is 0 Å². The smallest absolute Gasteiger partial charge is 0.307 e. The van der Waals surface area contributed by atoms with Gasteiger partial charge in [-0.05, 0) is 12.1 Å². The molecule has 0 unspecified atom stereocenters. The number of methoxy groups -OCH3 is 3. The summed E-state index contributed by atoms with van der Waals surface area (Å²) in [7, 11) is 4.26. The highest BCUT2D eigenvalue weighted by Gasteiger charge is 2.16. The molecule has 1 amide bonds. The van der Waals surface area contributed by atoms with Crippen LogP contribution in [-0.4, -0.2) is 39.8 Å². The van der Waals surface area contributed by atoms with Crippen LogP contribution in [-0.2, 0) is 9.53 Å². The first-order chi connectivity index (χ1) is 9.13. The van der Waals surface area contributed by atoms with E-state index >= 15 is 0 Å². The maximum atomic E-state index is 12.0. The number of carbonyl (C=O) groups is 2. The van der Waals surface area contributed by atoms with Crippen molar-refractivity contribution in [2.75, 3.05) is 27.9 Å². The molecule has 0 spiro atoms. The molecule has 104 valence electrons. The summed E-state index contributed by atoms with van der Waals surface area (Å²) in [5.41, 5.74) is 0.353. The summed E-state index contributed by atoms with van der Waals surface area (Å²) in [5, 5.41) is 2.61. The molecule has 19 heavy (non-hydrogen) atoms. The summed E-state index contributed by atoms with van der Waals surface area (Å²) >= 11 is 0. The number of amides is 1. The number of hydrogen-bond donors (Lipinski definition) is 1. The Kier molecular flexibility index (Phi) is 5.66. The molecule has 1 N–H and O–H groups in total.